The Morgan fingerprint density at radius 1 is 1.86 bits per heavy atom. The minimum Gasteiger partial charge on any atom is -0.310 e. The van der Waals surface area contributed by atoms with E-state index in [1.807, 2.05) is 0 Å². The lowest BCUT2D eigenvalue weighted by atomic mass is 10.6. The van der Waals surface area contributed by atoms with Gasteiger partial charge in [0.15, 0.2) is 12.5 Å². The number of nitrogens with one attached hydrogen (secondary N) is 2. The number of hydrogen-bond donors (Lipinski definition) is 2. The molecule has 0 bridgehead atoms. The van der Waals surface area contributed by atoms with Gasteiger partial charge in [0.2, 0.25) is 0 Å². The highest BCUT2D eigenvalue weighted by atomic mass is 16.1. The third-order valence-electron chi connectivity index (χ3n) is 0.660. The first-order valence-corrected chi connectivity index (χ1v) is 1.91. The van der Waals surface area contributed by atoms with Crippen molar-refractivity contribution < 1.29 is 4.79 Å². The largest absolute Gasteiger partial charge is 0.310 e. The standard InChI is InChI=1S/C3H5N3O/c7-1-3-4-2-5-6-3/h1-3,6H,(H,4,5). The van der Waals surface area contributed by atoms with Crippen LogP contribution in [0.3, 0.4) is 0 Å². The summed E-state index contributed by atoms with van der Waals surface area (Å²) in [4.78, 5) is 13.4. The van der Waals surface area contributed by atoms with E-state index < -0.39 is 0 Å². The van der Waals surface area contributed by atoms with Crippen LogP contribution in [0.15, 0.2) is 4.99 Å². The molecule has 0 aromatic rings. The summed E-state index contributed by atoms with van der Waals surface area (Å²) < 4.78 is 0. The van der Waals surface area contributed by atoms with Gasteiger partial charge in [-0.25, -0.2) is 10.4 Å². The average Bonchev–Trinajstić information content (AvgIpc) is 2.14. The van der Waals surface area contributed by atoms with Gasteiger partial charge in [-0.1, -0.05) is 0 Å². The van der Waals surface area contributed by atoms with E-state index in [0.717, 1.165) is 6.29 Å². The molecule has 7 heavy (non-hydrogen) atoms. The molecule has 0 saturated heterocycles. The van der Waals surface area contributed by atoms with Crippen LogP contribution in [0.25, 0.3) is 0 Å². The first kappa shape index (κ1) is 4.26. The Kier molecular flexibility index (Phi) is 1.04. The minimum atomic E-state index is -0.375. The summed E-state index contributed by atoms with van der Waals surface area (Å²) in [6.45, 7) is 0. The Bertz CT molecular complexity index is 100. The molecule has 4 heteroatoms. The van der Waals surface area contributed by atoms with Crippen LogP contribution in [0.4, 0.5) is 0 Å². The van der Waals surface area contributed by atoms with E-state index in [9.17, 15) is 4.79 Å². The van der Waals surface area contributed by atoms with Gasteiger partial charge in [-0.2, -0.15) is 0 Å². The maximum Gasteiger partial charge on any atom is 0.173 e. The predicted molar refractivity (Wildman–Crippen MR) is 24.6 cm³/mol. The van der Waals surface area contributed by atoms with Gasteiger partial charge in [0.1, 0.15) is 0 Å². The van der Waals surface area contributed by atoms with Gasteiger partial charge < -0.3 is 5.43 Å². The SMILES string of the molecule is O=CC1N=CNN1. The second kappa shape index (κ2) is 1.70. The molecule has 0 spiro atoms. The molecule has 0 aromatic heterocycles. The highest BCUT2D eigenvalue weighted by Crippen LogP contribution is 1.78. The number of rotatable bonds is 1. The predicted octanol–water partition coefficient (Wildman–Crippen LogP) is -1.35. The molecule has 4 nitrogen and oxygen atoms in total. The molecule has 2 N–H and O–H groups in total. The summed E-state index contributed by atoms with van der Waals surface area (Å²) in [5, 5.41) is 0. The van der Waals surface area contributed by atoms with Crippen molar-refractivity contribution in [1.82, 2.24) is 10.9 Å². The fourth-order valence-electron chi connectivity index (χ4n) is 0.347. The Labute approximate surface area is 40.6 Å². The van der Waals surface area contributed by atoms with E-state index in [1.165, 1.54) is 6.34 Å². The van der Waals surface area contributed by atoms with Crippen LogP contribution in [0.5, 0.6) is 0 Å². The van der Waals surface area contributed by atoms with E-state index in [4.69, 9.17) is 0 Å². The Morgan fingerprint density at radius 2 is 2.71 bits per heavy atom. The highest BCUT2D eigenvalue weighted by molar-refractivity contribution is 5.66. The quantitative estimate of drug-likeness (QED) is 0.399. The number of carbonyl (C=O) groups excluding carboxylic acids is 1. The second-order valence-corrected chi connectivity index (χ2v) is 1.15. The summed E-state index contributed by atoms with van der Waals surface area (Å²) in [5.41, 5.74) is 5.12. The van der Waals surface area contributed by atoms with Gasteiger partial charge in [0, 0.05) is 0 Å². The van der Waals surface area contributed by atoms with Gasteiger partial charge in [-0.05, 0) is 0 Å². The normalized spacial score (nSPS) is 27.1. The van der Waals surface area contributed by atoms with Crippen molar-refractivity contribution >= 4 is 12.6 Å². The van der Waals surface area contributed by atoms with Crippen molar-refractivity contribution in [3.8, 4) is 0 Å². The van der Waals surface area contributed by atoms with Crippen LogP contribution in [0, 0.1) is 0 Å². The van der Waals surface area contributed by atoms with E-state index in [1.54, 1.807) is 0 Å². The van der Waals surface area contributed by atoms with Gasteiger partial charge in [-0.3, -0.25) is 4.79 Å². The number of aldehydes is 1. The number of nitrogens with zero attached hydrogens (tertiary/aromatic N) is 1. The van der Waals surface area contributed by atoms with E-state index in [0.29, 0.717) is 0 Å². The van der Waals surface area contributed by atoms with Crippen molar-refractivity contribution in [2.75, 3.05) is 0 Å². The molecule has 1 aliphatic rings. The molecule has 1 unspecified atom stereocenters. The Morgan fingerprint density at radius 3 is 3.00 bits per heavy atom. The zero-order valence-electron chi connectivity index (χ0n) is 3.59. The van der Waals surface area contributed by atoms with Gasteiger partial charge in [0.25, 0.3) is 0 Å². The lowest BCUT2D eigenvalue weighted by molar-refractivity contribution is -0.109. The smallest absolute Gasteiger partial charge is 0.173 e. The maximum atomic E-state index is 9.79. The molecule has 0 fully saturated rings. The summed E-state index contributed by atoms with van der Waals surface area (Å²) >= 11 is 0. The van der Waals surface area contributed by atoms with Gasteiger partial charge in [0.05, 0.1) is 6.34 Å². The van der Waals surface area contributed by atoms with E-state index >= 15 is 0 Å². The van der Waals surface area contributed by atoms with Crippen LogP contribution in [-0.4, -0.2) is 18.8 Å². The molecular formula is C3H5N3O. The molecule has 1 atom stereocenters. The van der Waals surface area contributed by atoms with E-state index in [2.05, 4.69) is 15.8 Å². The van der Waals surface area contributed by atoms with Crippen LogP contribution in [0.1, 0.15) is 0 Å². The molecule has 1 rings (SSSR count). The monoisotopic (exact) mass is 99.0 g/mol. The lowest BCUT2D eigenvalue weighted by Crippen LogP contribution is -2.32. The molecule has 0 aromatic carbocycles. The topological polar surface area (TPSA) is 53.5 Å². The Hall–Kier alpha value is -0.900. The van der Waals surface area contributed by atoms with Crippen LogP contribution < -0.4 is 10.9 Å². The fraction of sp³-hybridized carbons (Fsp3) is 0.333. The second-order valence-electron chi connectivity index (χ2n) is 1.15. The van der Waals surface area contributed by atoms with Gasteiger partial charge >= 0.3 is 0 Å². The summed E-state index contributed by atoms with van der Waals surface area (Å²) in [5.74, 6) is 0. The minimum absolute atomic E-state index is 0.375. The average molecular weight is 99.1 g/mol. The zero-order valence-corrected chi connectivity index (χ0v) is 3.59. The number of aliphatic imine (C=N–C) groups is 1. The van der Waals surface area contributed by atoms with Crippen LogP contribution >= 0.6 is 0 Å². The summed E-state index contributed by atoms with van der Waals surface area (Å²) in [6, 6.07) is 0. The first-order valence-electron chi connectivity index (χ1n) is 1.91. The lowest BCUT2D eigenvalue weighted by Gasteiger charge is -1.92. The first-order chi connectivity index (χ1) is 3.43. The zero-order chi connectivity index (χ0) is 5.11. The third kappa shape index (κ3) is 0.747. The molecule has 1 heterocycles. The van der Waals surface area contributed by atoms with Crippen molar-refractivity contribution in [3.05, 3.63) is 0 Å². The molecule has 0 saturated carbocycles. The van der Waals surface area contributed by atoms with Crippen molar-refractivity contribution in [3.63, 3.8) is 0 Å². The molecule has 0 amide bonds. The van der Waals surface area contributed by atoms with Crippen LogP contribution in [-0.2, 0) is 4.79 Å². The van der Waals surface area contributed by atoms with Gasteiger partial charge in [-0.15, -0.1) is 0 Å². The fourth-order valence-corrected chi connectivity index (χ4v) is 0.347. The Balaban J connectivity index is 2.42. The molecule has 0 radical (unpaired) electrons. The maximum absolute atomic E-state index is 9.79. The van der Waals surface area contributed by atoms with Crippen molar-refractivity contribution in [1.29, 1.82) is 0 Å². The van der Waals surface area contributed by atoms with E-state index in [-0.39, 0.29) is 6.17 Å². The molecule has 0 aliphatic carbocycles. The number of hydrogen-bond acceptors (Lipinski definition) is 4. The number of hydrazine groups is 1. The van der Waals surface area contributed by atoms with Crippen LogP contribution in [0.2, 0.25) is 0 Å². The molecule has 38 valence electrons. The highest BCUT2D eigenvalue weighted by Gasteiger charge is 2.03. The number of carbonyl (C=O) groups is 1. The summed E-state index contributed by atoms with van der Waals surface area (Å²) in [6.07, 6.45) is 1.79. The van der Waals surface area contributed by atoms with Crippen molar-refractivity contribution in [2.24, 2.45) is 4.99 Å². The summed E-state index contributed by atoms with van der Waals surface area (Å²) in [7, 11) is 0. The molecular weight excluding hydrogens is 94.1 g/mol. The van der Waals surface area contributed by atoms with Crippen molar-refractivity contribution in [2.45, 2.75) is 6.17 Å². The molecule has 1 aliphatic heterocycles. The third-order valence-corrected chi connectivity index (χ3v) is 0.660.